The van der Waals surface area contributed by atoms with Gasteiger partial charge in [0, 0.05) is 32.0 Å². The molecule has 28 heavy (non-hydrogen) atoms. The first-order valence-corrected chi connectivity index (χ1v) is 11.5. The number of aliphatic hydroxyl groups excluding tert-OH is 2. The molecule has 0 radical (unpaired) electrons. The van der Waals surface area contributed by atoms with Crippen LogP contribution in [0.1, 0.15) is 51.9 Å². The normalized spacial score (nSPS) is 42.4. The molecule has 0 spiro atoms. The fraction of sp³-hybridized carbons (Fsp3) is 0.955. The summed E-state index contributed by atoms with van der Waals surface area (Å²) in [6.07, 6.45) is 5.76. The summed E-state index contributed by atoms with van der Waals surface area (Å²) in [5.74, 6) is 1.02. The average Bonchev–Trinajstić information content (AvgIpc) is 3.14. The summed E-state index contributed by atoms with van der Waals surface area (Å²) in [5, 5.41) is 24.6. The van der Waals surface area contributed by atoms with Crippen molar-refractivity contribution >= 4 is 5.91 Å². The zero-order chi connectivity index (χ0) is 19.7. The van der Waals surface area contributed by atoms with Crippen molar-refractivity contribution in [3.05, 3.63) is 0 Å². The highest BCUT2D eigenvalue weighted by Gasteiger charge is 2.49. The summed E-state index contributed by atoms with van der Waals surface area (Å²) in [6.45, 7) is 6.22. The summed E-state index contributed by atoms with van der Waals surface area (Å²) < 4.78 is 6.31. The lowest BCUT2D eigenvalue weighted by molar-refractivity contribution is -0.169. The Morgan fingerprint density at radius 3 is 2.57 bits per heavy atom. The first-order chi connectivity index (χ1) is 13.5. The number of hydrogen-bond donors (Lipinski definition) is 3. The summed E-state index contributed by atoms with van der Waals surface area (Å²) in [4.78, 5) is 15.4. The quantitative estimate of drug-likeness (QED) is 0.671. The van der Waals surface area contributed by atoms with E-state index in [0.717, 1.165) is 32.6 Å². The molecule has 4 fully saturated rings. The topological polar surface area (TPSA) is 82.0 Å². The van der Waals surface area contributed by atoms with Crippen LogP contribution in [0.25, 0.3) is 0 Å². The van der Waals surface area contributed by atoms with Crippen molar-refractivity contribution in [3.8, 4) is 0 Å². The van der Waals surface area contributed by atoms with E-state index >= 15 is 0 Å². The molecule has 2 aliphatic heterocycles. The second kappa shape index (κ2) is 8.99. The highest BCUT2D eigenvalue weighted by molar-refractivity contribution is 5.80. The summed E-state index contributed by atoms with van der Waals surface area (Å²) in [7, 11) is 0. The van der Waals surface area contributed by atoms with Crippen LogP contribution in [0, 0.1) is 29.6 Å². The van der Waals surface area contributed by atoms with E-state index in [-0.39, 0.29) is 18.2 Å². The first kappa shape index (κ1) is 20.6. The van der Waals surface area contributed by atoms with Gasteiger partial charge in [-0.3, -0.25) is 4.79 Å². The molecule has 2 aliphatic carbocycles. The number of hydrogen-bond acceptors (Lipinski definition) is 5. The molecule has 2 saturated carbocycles. The Labute approximate surface area is 169 Å². The number of amides is 1. The summed E-state index contributed by atoms with van der Waals surface area (Å²) >= 11 is 0. The van der Waals surface area contributed by atoms with Crippen LogP contribution in [-0.4, -0.2) is 72.1 Å². The summed E-state index contributed by atoms with van der Waals surface area (Å²) in [6, 6.07) is 0. The van der Waals surface area contributed by atoms with Crippen LogP contribution in [0.15, 0.2) is 0 Å². The fourth-order valence-corrected chi connectivity index (χ4v) is 6.00. The van der Waals surface area contributed by atoms with Gasteiger partial charge in [-0.1, -0.05) is 26.2 Å². The van der Waals surface area contributed by atoms with Crippen LogP contribution in [-0.2, 0) is 9.53 Å². The van der Waals surface area contributed by atoms with Crippen molar-refractivity contribution in [2.45, 2.75) is 70.2 Å². The molecule has 160 valence electrons. The zero-order valence-electron chi connectivity index (χ0n) is 17.3. The highest BCUT2D eigenvalue weighted by atomic mass is 16.5. The first-order valence-electron chi connectivity index (χ1n) is 11.5. The highest BCUT2D eigenvalue weighted by Crippen LogP contribution is 2.37. The number of piperidine rings is 1. The number of ether oxygens (including phenoxy) is 1. The molecule has 7 unspecified atom stereocenters. The third-order valence-corrected chi connectivity index (χ3v) is 7.90. The fourth-order valence-electron chi connectivity index (χ4n) is 6.00. The predicted molar refractivity (Wildman–Crippen MR) is 107 cm³/mol. The molecular weight excluding hydrogens is 356 g/mol. The van der Waals surface area contributed by atoms with E-state index in [1.807, 2.05) is 11.8 Å². The molecule has 0 aromatic rings. The number of likely N-dealkylation sites (tertiary alicyclic amines) is 1. The van der Waals surface area contributed by atoms with Crippen molar-refractivity contribution in [1.29, 1.82) is 0 Å². The smallest absolute Gasteiger partial charge is 0.230 e. The number of carbonyl (C=O) groups excluding carboxylic acids is 1. The molecule has 0 aromatic carbocycles. The van der Waals surface area contributed by atoms with E-state index in [9.17, 15) is 15.0 Å². The number of aliphatic hydroxyl groups is 2. The van der Waals surface area contributed by atoms with Gasteiger partial charge in [0.05, 0.1) is 24.2 Å². The monoisotopic (exact) mass is 394 g/mol. The van der Waals surface area contributed by atoms with Crippen LogP contribution in [0.2, 0.25) is 0 Å². The van der Waals surface area contributed by atoms with Crippen molar-refractivity contribution < 1.29 is 19.7 Å². The van der Waals surface area contributed by atoms with E-state index in [2.05, 4.69) is 5.32 Å². The van der Waals surface area contributed by atoms with Crippen LogP contribution in [0.3, 0.4) is 0 Å². The molecule has 4 rings (SSSR count). The van der Waals surface area contributed by atoms with Gasteiger partial charge >= 0.3 is 0 Å². The van der Waals surface area contributed by atoms with Crippen LogP contribution < -0.4 is 5.32 Å². The second-order valence-electron chi connectivity index (χ2n) is 9.81. The van der Waals surface area contributed by atoms with Gasteiger partial charge in [0.1, 0.15) is 0 Å². The van der Waals surface area contributed by atoms with Crippen molar-refractivity contribution in [3.63, 3.8) is 0 Å². The Balaban J connectivity index is 1.44. The van der Waals surface area contributed by atoms with Gasteiger partial charge in [-0.15, -0.1) is 0 Å². The van der Waals surface area contributed by atoms with Crippen molar-refractivity contribution in [2.75, 3.05) is 32.8 Å². The van der Waals surface area contributed by atoms with Crippen molar-refractivity contribution in [1.82, 2.24) is 10.2 Å². The van der Waals surface area contributed by atoms with E-state index in [1.54, 1.807) is 0 Å². The third kappa shape index (κ3) is 4.25. The zero-order valence-corrected chi connectivity index (χ0v) is 17.3. The maximum Gasteiger partial charge on any atom is 0.230 e. The molecule has 6 heteroatoms. The Morgan fingerprint density at radius 2 is 1.82 bits per heavy atom. The molecule has 2 heterocycles. The minimum absolute atomic E-state index is 0.0364. The number of nitrogens with one attached hydrogen (secondary N) is 1. The van der Waals surface area contributed by atoms with E-state index in [4.69, 9.17) is 4.74 Å². The molecular formula is C22H38N2O4. The lowest BCUT2D eigenvalue weighted by Crippen LogP contribution is -2.56. The average molecular weight is 395 g/mol. The Kier molecular flexibility index (Phi) is 6.60. The Bertz CT molecular complexity index is 525. The molecule has 0 aromatic heterocycles. The number of fused-ring (bicyclic) bond motifs is 1. The van der Waals surface area contributed by atoms with Crippen molar-refractivity contribution in [2.24, 2.45) is 29.6 Å². The molecule has 2 saturated heterocycles. The van der Waals surface area contributed by atoms with Gasteiger partial charge < -0.3 is 25.2 Å². The standard InChI is InChI=1S/C22H38N2O4/c1-14-18(25)9-19(26)20(21(14)28-13-15-5-3-2-4-6-15)22(27)24-11-16-7-8-23-10-17(16)12-24/h14-21,23,25-26H,2-13H2,1H3. The van der Waals surface area contributed by atoms with Gasteiger partial charge in [0.2, 0.25) is 5.91 Å². The van der Waals surface area contributed by atoms with Crippen LogP contribution in [0.5, 0.6) is 0 Å². The predicted octanol–water partition coefficient (Wildman–Crippen LogP) is 1.40. The van der Waals surface area contributed by atoms with Crippen LogP contribution >= 0.6 is 0 Å². The SMILES string of the molecule is CC1C(O)CC(O)C(C(=O)N2CC3CCNCC3C2)C1OCC1CCCCC1. The second-order valence-corrected chi connectivity index (χ2v) is 9.81. The minimum atomic E-state index is -0.823. The number of nitrogens with zero attached hydrogens (tertiary/aromatic N) is 1. The molecule has 7 atom stereocenters. The van der Waals surface area contributed by atoms with Gasteiger partial charge in [-0.05, 0) is 50.1 Å². The van der Waals surface area contributed by atoms with Gasteiger partial charge in [0.15, 0.2) is 0 Å². The molecule has 3 N–H and O–H groups in total. The molecule has 1 amide bonds. The van der Waals surface area contributed by atoms with Crippen LogP contribution in [0.4, 0.5) is 0 Å². The van der Waals surface area contributed by atoms with Gasteiger partial charge in [0.25, 0.3) is 0 Å². The molecule has 6 nitrogen and oxygen atoms in total. The van der Waals surface area contributed by atoms with E-state index in [0.29, 0.717) is 24.4 Å². The number of rotatable bonds is 4. The number of carbonyl (C=O) groups is 1. The maximum absolute atomic E-state index is 13.5. The molecule has 0 bridgehead atoms. The van der Waals surface area contributed by atoms with Gasteiger partial charge in [-0.2, -0.15) is 0 Å². The Hall–Kier alpha value is -0.690. The van der Waals surface area contributed by atoms with Gasteiger partial charge in [-0.25, -0.2) is 0 Å². The third-order valence-electron chi connectivity index (χ3n) is 7.90. The lowest BCUT2D eigenvalue weighted by Gasteiger charge is -2.43. The lowest BCUT2D eigenvalue weighted by atomic mass is 9.75. The van der Waals surface area contributed by atoms with E-state index in [1.165, 1.54) is 32.1 Å². The minimum Gasteiger partial charge on any atom is -0.393 e. The Morgan fingerprint density at radius 1 is 1.07 bits per heavy atom. The maximum atomic E-state index is 13.5. The molecule has 4 aliphatic rings. The largest absolute Gasteiger partial charge is 0.393 e. The summed E-state index contributed by atoms with van der Waals surface area (Å²) in [5.41, 5.74) is 0. The van der Waals surface area contributed by atoms with E-state index < -0.39 is 24.2 Å².